The van der Waals surface area contributed by atoms with Crippen molar-refractivity contribution in [2.24, 2.45) is 5.73 Å². The Morgan fingerprint density at radius 3 is 2.35 bits per heavy atom. The maximum absolute atomic E-state index is 13.5. The summed E-state index contributed by atoms with van der Waals surface area (Å²) in [4.78, 5) is 0. The van der Waals surface area contributed by atoms with Crippen LogP contribution in [0.3, 0.4) is 0 Å². The van der Waals surface area contributed by atoms with E-state index in [4.69, 9.17) is 10.5 Å². The van der Waals surface area contributed by atoms with E-state index in [9.17, 15) is 4.39 Å². The molecule has 2 nitrogen and oxygen atoms in total. The first kappa shape index (κ1) is 15.0. The SMILES string of the molecule is Cc1ccc(C(Oc2ccc(Br)c(F)c2)C(C)N)cc1. The van der Waals surface area contributed by atoms with E-state index in [0.29, 0.717) is 10.2 Å². The fourth-order valence-electron chi connectivity index (χ4n) is 1.93. The van der Waals surface area contributed by atoms with Crippen molar-refractivity contribution < 1.29 is 9.13 Å². The standard InChI is InChI=1S/C16H17BrFNO/c1-10-3-5-12(6-4-10)16(11(2)19)20-13-7-8-14(17)15(18)9-13/h3-9,11,16H,19H2,1-2H3. The van der Waals surface area contributed by atoms with Crippen LogP contribution in [0.1, 0.15) is 24.2 Å². The van der Waals surface area contributed by atoms with Gasteiger partial charge in [-0.1, -0.05) is 29.8 Å². The first-order valence-corrected chi connectivity index (χ1v) is 7.20. The van der Waals surface area contributed by atoms with Gasteiger partial charge in [0.15, 0.2) is 0 Å². The first-order valence-electron chi connectivity index (χ1n) is 6.41. The van der Waals surface area contributed by atoms with Crippen molar-refractivity contribution >= 4 is 15.9 Å². The number of ether oxygens (including phenoxy) is 1. The second-order valence-corrected chi connectivity index (χ2v) is 5.74. The van der Waals surface area contributed by atoms with Crippen LogP contribution in [-0.4, -0.2) is 6.04 Å². The zero-order valence-corrected chi connectivity index (χ0v) is 13.0. The van der Waals surface area contributed by atoms with Crippen LogP contribution in [0.25, 0.3) is 0 Å². The topological polar surface area (TPSA) is 35.2 Å². The first-order chi connectivity index (χ1) is 9.47. The van der Waals surface area contributed by atoms with Crippen molar-refractivity contribution in [1.82, 2.24) is 0 Å². The molecule has 0 spiro atoms. The van der Waals surface area contributed by atoms with Gasteiger partial charge in [-0.15, -0.1) is 0 Å². The summed E-state index contributed by atoms with van der Waals surface area (Å²) in [5.41, 5.74) is 8.15. The second-order valence-electron chi connectivity index (χ2n) is 4.88. The molecule has 0 fully saturated rings. The molecule has 2 unspecified atom stereocenters. The highest BCUT2D eigenvalue weighted by molar-refractivity contribution is 9.10. The van der Waals surface area contributed by atoms with Gasteiger partial charge in [0.2, 0.25) is 0 Å². The Morgan fingerprint density at radius 1 is 1.15 bits per heavy atom. The molecule has 0 aliphatic carbocycles. The van der Waals surface area contributed by atoms with Crippen LogP contribution < -0.4 is 10.5 Å². The summed E-state index contributed by atoms with van der Waals surface area (Å²) in [6, 6.07) is 12.5. The van der Waals surface area contributed by atoms with E-state index >= 15 is 0 Å². The lowest BCUT2D eigenvalue weighted by Crippen LogP contribution is -2.29. The van der Waals surface area contributed by atoms with E-state index in [1.54, 1.807) is 12.1 Å². The molecule has 0 aliphatic heterocycles. The highest BCUT2D eigenvalue weighted by Gasteiger charge is 2.18. The van der Waals surface area contributed by atoms with Crippen LogP contribution >= 0.6 is 15.9 Å². The zero-order valence-electron chi connectivity index (χ0n) is 11.4. The number of hydrogen-bond donors (Lipinski definition) is 1. The van der Waals surface area contributed by atoms with Gasteiger partial charge in [0, 0.05) is 12.1 Å². The summed E-state index contributed by atoms with van der Waals surface area (Å²) in [5, 5.41) is 0. The molecule has 106 valence electrons. The van der Waals surface area contributed by atoms with E-state index < -0.39 is 0 Å². The van der Waals surface area contributed by atoms with Crippen LogP contribution in [0.5, 0.6) is 5.75 Å². The Kier molecular flexibility index (Phi) is 4.78. The molecule has 0 saturated heterocycles. The molecule has 0 bridgehead atoms. The Bertz CT molecular complexity index is 584. The molecular formula is C16H17BrFNO. The third kappa shape index (κ3) is 3.58. The van der Waals surface area contributed by atoms with E-state index in [1.165, 1.54) is 11.6 Å². The minimum absolute atomic E-state index is 0.204. The van der Waals surface area contributed by atoms with Gasteiger partial charge in [-0.25, -0.2) is 4.39 Å². The summed E-state index contributed by atoms with van der Waals surface area (Å²) in [6.07, 6.45) is -0.309. The van der Waals surface area contributed by atoms with Gasteiger partial charge in [0.25, 0.3) is 0 Å². The number of hydrogen-bond acceptors (Lipinski definition) is 2. The van der Waals surface area contributed by atoms with Crippen LogP contribution in [0, 0.1) is 12.7 Å². The number of halogens is 2. The fraction of sp³-hybridized carbons (Fsp3) is 0.250. The molecule has 0 aliphatic rings. The van der Waals surface area contributed by atoms with Crippen molar-refractivity contribution in [2.75, 3.05) is 0 Å². The Morgan fingerprint density at radius 2 is 1.80 bits per heavy atom. The monoisotopic (exact) mass is 337 g/mol. The minimum Gasteiger partial charge on any atom is -0.484 e. The van der Waals surface area contributed by atoms with Gasteiger partial charge < -0.3 is 10.5 Å². The van der Waals surface area contributed by atoms with Gasteiger partial charge in [-0.3, -0.25) is 0 Å². The Hall–Kier alpha value is -1.39. The van der Waals surface area contributed by atoms with E-state index in [2.05, 4.69) is 15.9 Å². The van der Waals surface area contributed by atoms with E-state index in [1.807, 2.05) is 38.1 Å². The lowest BCUT2D eigenvalue weighted by atomic mass is 10.0. The normalized spacial score (nSPS) is 13.8. The molecule has 4 heteroatoms. The molecule has 2 atom stereocenters. The van der Waals surface area contributed by atoms with E-state index in [0.717, 1.165) is 5.56 Å². The summed E-state index contributed by atoms with van der Waals surface area (Å²) >= 11 is 3.12. The maximum Gasteiger partial charge on any atom is 0.141 e. The quantitative estimate of drug-likeness (QED) is 0.899. The zero-order chi connectivity index (χ0) is 14.7. The predicted octanol–water partition coefficient (Wildman–Crippen LogP) is 4.36. The second kappa shape index (κ2) is 6.37. The Labute approximate surface area is 126 Å². The van der Waals surface area contributed by atoms with Crippen molar-refractivity contribution in [3.05, 3.63) is 63.9 Å². The molecule has 0 saturated carbocycles. The molecule has 0 radical (unpaired) electrons. The molecule has 0 aromatic heterocycles. The summed E-state index contributed by atoms with van der Waals surface area (Å²) in [6.45, 7) is 3.90. The molecular weight excluding hydrogens is 321 g/mol. The fourth-order valence-corrected chi connectivity index (χ4v) is 2.18. The van der Waals surface area contributed by atoms with Crippen molar-refractivity contribution in [3.8, 4) is 5.75 Å². The molecule has 2 rings (SSSR count). The third-order valence-electron chi connectivity index (χ3n) is 3.04. The number of nitrogens with two attached hydrogens (primary N) is 1. The Balaban J connectivity index is 2.25. The lowest BCUT2D eigenvalue weighted by Gasteiger charge is -2.23. The number of rotatable bonds is 4. The smallest absolute Gasteiger partial charge is 0.141 e. The van der Waals surface area contributed by atoms with Crippen molar-refractivity contribution in [2.45, 2.75) is 26.0 Å². The van der Waals surface area contributed by atoms with Crippen LogP contribution in [0.15, 0.2) is 46.9 Å². The van der Waals surface area contributed by atoms with Gasteiger partial charge in [0.05, 0.1) is 4.47 Å². The summed E-state index contributed by atoms with van der Waals surface area (Å²) < 4.78 is 19.8. The van der Waals surface area contributed by atoms with Gasteiger partial charge >= 0.3 is 0 Å². The predicted molar refractivity (Wildman–Crippen MR) is 82.3 cm³/mol. The molecule has 2 N–H and O–H groups in total. The lowest BCUT2D eigenvalue weighted by molar-refractivity contribution is 0.179. The molecule has 20 heavy (non-hydrogen) atoms. The number of aryl methyl sites for hydroxylation is 1. The van der Waals surface area contributed by atoms with Gasteiger partial charge in [0.1, 0.15) is 17.7 Å². The molecule has 0 heterocycles. The third-order valence-corrected chi connectivity index (χ3v) is 3.68. The van der Waals surface area contributed by atoms with Crippen LogP contribution in [0.2, 0.25) is 0 Å². The average Bonchev–Trinajstić information content (AvgIpc) is 2.41. The largest absolute Gasteiger partial charge is 0.484 e. The summed E-state index contributed by atoms with van der Waals surface area (Å²) in [7, 11) is 0. The molecule has 2 aromatic rings. The van der Waals surface area contributed by atoms with Gasteiger partial charge in [-0.2, -0.15) is 0 Å². The summed E-state index contributed by atoms with van der Waals surface area (Å²) in [5.74, 6) is 0.114. The molecule has 2 aromatic carbocycles. The van der Waals surface area contributed by atoms with Crippen molar-refractivity contribution in [3.63, 3.8) is 0 Å². The van der Waals surface area contributed by atoms with Crippen molar-refractivity contribution in [1.29, 1.82) is 0 Å². The van der Waals surface area contributed by atoms with Crippen LogP contribution in [0.4, 0.5) is 4.39 Å². The number of benzene rings is 2. The van der Waals surface area contributed by atoms with E-state index in [-0.39, 0.29) is 18.0 Å². The average molecular weight is 338 g/mol. The van der Waals surface area contributed by atoms with Gasteiger partial charge in [-0.05, 0) is 47.5 Å². The van der Waals surface area contributed by atoms with Crippen LogP contribution in [-0.2, 0) is 0 Å². The highest BCUT2D eigenvalue weighted by atomic mass is 79.9. The minimum atomic E-state index is -0.352. The maximum atomic E-state index is 13.5. The highest BCUT2D eigenvalue weighted by Crippen LogP contribution is 2.27. The molecule has 0 amide bonds.